The largest absolute Gasteiger partial charge is 0.325 e. The van der Waals surface area contributed by atoms with Crippen LogP contribution in [0.4, 0.5) is 5.69 Å². The molecule has 0 heterocycles. The summed E-state index contributed by atoms with van der Waals surface area (Å²) in [7, 11) is 0. The van der Waals surface area contributed by atoms with Gasteiger partial charge >= 0.3 is 0 Å². The van der Waals surface area contributed by atoms with E-state index in [0.717, 1.165) is 21.5 Å². The summed E-state index contributed by atoms with van der Waals surface area (Å²) in [6.45, 7) is 2.01. The summed E-state index contributed by atoms with van der Waals surface area (Å²) in [5.74, 6) is 0.00977. The van der Waals surface area contributed by atoms with E-state index in [4.69, 9.17) is 11.6 Å². The Bertz CT molecular complexity index is 618. The molecule has 0 bridgehead atoms. The number of amides is 1. The predicted molar refractivity (Wildman–Crippen MR) is 94.2 cm³/mol. The minimum Gasteiger partial charge on any atom is -0.325 e. The average Bonchev–Trinajstić information content (AvgIpc) is 2.46. The van der Waals surface area contributed by atoms with Crippen molar-refractivity contribution in [1.29, 1.82) is 0 Å². The van der Waals surface area contributed by atoms with Gasteiger partial charge in [-0.2, -0.15) is 0 Å². The van der Waals surface area contributed by atoms with Crippen LogP contribution in [-0.4, -0.2) is 11.2 Å². The SMILES string of the molecule is CC[C@@H](Sc1ccc(Cl)cc1)C(=O)Nc1cccc(Br)c1. The van der Waals surface area contributed by atoms with Crippen molar-refractivity contribution in [2.75, 3.05) is 5.32 Å². The fraction of sp³-hybridized carbons (Fsp3) is 0.188. The number of benzene rings is 2. The van der Waals surface area contributed by atoms with Crippen LogP contribution in [-0.2, 0) is 4.79 Å². The van der Waals surface area contributed by atoms with Crippen LogP contribution in [0.2, 0.25) is 5.02 Å². The van der Waals surface area contributed by atoms with Gasteiger partial charge in [0.2, 0.25) is 5.91 Å². The van der Waals surface area contributed by atoms with Gasteiger partial charge in [0.25, 0.3) is 0 Å². The number of hydrogen-bond acceptors (Lipinski definition) is 2. The molecule has 0 aliphatic heterocycles. The molecule has 0 saturated carbocycles. The first-order valence-corrected chi connectivity index (χ1v) is 8.62. The number of anilines is 1. The number of hydrogen-bond donors (Lipinski definition) is 1. The smallest absolute Gasteiger partial charge is 0.237 e. The molecule has 0 radical (unpaired) electrons. The van der Waals surface area contributed by atoms with Crippen molar-refractivity contribution < 1.29 is 4.79 Å². The Labute approximate surface area is 142 Å². The Morgan fingerprint density at radius 1 is 1.29 bits per heavy atom. The number of nitrogens with one attached hydrogen (secondary N) is 1. The van der Waals surface area contributed by atoms with Gasteiger partial charge in [-0.15, -0.1) is 11.8 Å². The normalized spacial score (nSPS) is 12.0. The van der Waals surface area contributed by atoms with Crippen LogP contribution in [0.1, 0.15) is 13.3 Å². The number of carbonyl (C=O) groups is 1. The highest BCUT2D eigenvalue weighted by molar-refractivity contribution is 9.10. The van der Waals surface area contributed by atoms with Gasteiger partial charge in [0.1, 0.15) is 0 Å². The fourth-order valence-corrected chi connectivity index (χ4v) is 3.27. The zero-order chi connectivity index (χ0) is 15.2. The Kier molecular flexibility index (Phi) is 6.15. The van der Waals surface area contributed by atoms with Crippen molar-refractivity contribution in [1.82, 2.24) is 0 Å². The predicted octanol–water partition coefficient (Wildman–Crippen LogP) is 5.61. The molecule has 1 amide bonds. The first-order chi connectivity index (χ1) is 10.1. The molecule has 0 aromatic heterocycles. The molecule has 21 heavy (non-hydrogen) atoms. The Morgan fingerprint density at radius 2 is 2.00 bits per heavy atom. The molecule has 0 aliphatic carbocycles. The maximum absolute atomic E-state index is 12.4. The second-order valence-corrected chi connectivity index (χ2v) is 7.10. The number of carbonyl (C=O) groups excluding carboxylic acids is 1. The fourth-order valence-electron chi connectivity index (χ4n) is 1.79. The Balaban J connectivity index is 2.03. The lowest BCUT2D eigenvalue weighted by Gasteiger charge is -2.15. The molecule has 0 unspecified atom stereocenters. The molecule has 0 saturated heterocycles. The molecule has 2 aromatic carbocycles. The maximum atomic E-state index is 12.4. The third-order valence-electron chi connectivity index (χ3n) is 2.85. The zero-order valence-electron chi connectivity index (χ0n) is 11.5. The third kappa shape index (κ3) is 5.06. The van der Waals surface area contributed by atoms with Crippen LogP contribution in [0.5, 0.6) is 0 Å². The summed E-state index contributed by atoms with van der Waals surface area (Å²) in [6, 6.07) is 15.1. The van der Waals surface area contributed by atoms with Crippen molar-refractivity contribution in [3.63, 3.8) is 0 Å². The highest BCUT2D eigenvalue weighted by atomic mass is 79.9. The molecule has 5 heteroatoms. The highest BCUT2D eigenvalue weighted by Crippen LogP contribution is 2.28. The first-order valence-electron chi connectivity index (χ1n) is 6.57. The topological polar surface area (TPSA) is 29.1 Å². The van der Waals surface area contributed by atoms with Crippen molar-refractivity contribution in [3.8, 4) is 0 Å². The van der Waals surface area contributed by atoms with E-state index in [2.05, 4.69) is 21.2 Å². The molecule has 110 valence electrons. The van der Waals surface area contributed by atoms with Crippen molar-refractivity contribution in [2.45, 2.75) is 23.5 Å². The van der Waals surface area contributed by atoms with Crippen molar-refractivity contribution in [3.05, 3.63) is 58.0 Å². The Morgan fingerprint density at radius 3 is 2.62 bits per heavy atom. The second-order valence-electron chi connectivity index (χ2n) is 4.47. The van der Waals surface area contributed by atoms with Gasteiger partial charge in [0, 0.05) is 20.1 Å². The quantitative estimate of drug-likeness (QED) is 0.679. The van der Waals surface area contributed by atoms with E-state index in [-0.39, 0.29) is 11.2 Å². The van der Waals surface area contributed by atoms with Gasteiger partial charge in [-0.25, -0.2) is 0 Å². The molecule has 2 nitrogen and oxygen atoms in total. The number of thioether (sulfide) groups is 1. The van der Waals surface area contributed by atoms with Gasteiger partial charge in [0.15, 0.2) is 0 Å². The van der Waals surface area contributed by atoms with E-state index in [1.54, 1.807) is 11.8 Å². The maximum Gasteiger partial charge on any atom is 0.237 e. The molecule has 0 fully saturated rings. The van der Waals surface area contributed by atoms with E-state index in [1.165, 1.54) is 0 Å². The monoisotopic (exact) mass is 383 g/mol. The third-order valence-corrected chi connectivity index (χ3v) is 4.97. The molecular weight excluding hydrogens is 370 g/mol. The minimum absolute atomic E-state index is 0.00977. The molecule has 0 aliphatic rings. The van der Waals surface area contributed by atoms with E-state index in [1.807, 2.05) is 55.5 Å². The molecule has 0 spiro atoms. The number of halogens is 2. The molecular formula is C16H15BrClNOS. The van der Waals surface area contributed by atoms with Crippen LogP contribution < -0.4 is 5.32 Å². The van der Waals surface area contributed by atoms with Gasteiger partial charge < -0.3 is 5.32 Å². The van der Waals surface area contributed by atoms with Gasteiger partial charge in [0.05, 0.1) is 5.25 Å². The van der Waals surface area contributed by atoms with Gasteiger partial charge in [-0.3, -0.25) is 4.79 Å². The minimum atomic E-state index is -0.134. The van der Waals surface area contributed by atoms with Crippen LogP contribution in [0.25, 0.3) is 0 Å². The Hall–Kier alpha value is -0.970. The average molecular weight is 385 g/mol. The van der Waals surface area contributed by atoms with Crippen LogP contribution in [0, 0.1) is 0 Å². The van der Waals surface area contributed by atoms with E-state index in [9.17, 15) is 4.79 Å². The summed E-state index contributed by atoms with van der Waals surface area (Å²) < 4.78 is 0.943. The molecule has 1 N–H and O–H groups in total. The standard InChI is InChI=1S/C16H15BrClNOS/c1-2-15(21-14-8-6-12(18)7-9-14)16(20)19-13-5-3-4-11(17)10-13/h3-10,15H,2H2,1H3,(H,19,20)/t15-/m1/s1. The van der Waals surface area contributed by atoms with Crippen LogP contribution >= 0.6 is 39.3 Å². The first kappa shape index (κ1) is 16.4. The summed E-state index contributed by atoms with van der Waals surface area (Å²) in [5.41, 5.74) is 0.796. The summed E-state index contributed by atoms with van der Waals surface area (Å²) in [4.78, 5) is 13.4. The number of rotatable bonds is 5. The van der Waals surface area contributed by atoms with Gasteiger partial charge in [-0.05, 0) is 48.9 Å². The lowest BCUT2D eigenvalue weighted by Crippen LogP contribution is -2.24. The van der Waals surface area contributed by atoms with Crippen LogP contribution in [0.15, 0.2) is 57.9 Å². The summed E-state index contributed by atoms with van der Waals surface area (Å²) in [6.07, 6.45) is 0.757. The van der Waals surface area contributed by atoms with Crippen LogP contribution in [0.3, 0.4) is 0 Å². The highest BCUT2D eigenvalue weighted by Gasteiger charge is 2.18. The molecule has 2 rings (SSSR count). The molecule has 1 atom stereocenters. The van der Waals surface area contributed by atoms with E-state index in [0.29, 0.717) is 5.02 Å². The summed E-state index contributed by atoms with van der Waals surface area (Å²) in [5, 5.41) is 3.52. The second kappa shape index (κ2) is 7.87. The lowest BCUT2D eigenvalue weighted by molar-refractivity contribution is -0.115. The zero-order valence-corrected chi connectivity index (χ0v) is 14.6. The van der Waals surface area contributed by atoms with Crippen molar-refractivity contribution >= 4 is 50.9 Å². The molecule has 2 aromatic rings. The lowest BCUT2D eigenvalue weighted by atomic mass is 10.3. The summed E-state index contributed by atoms with van der Waals surface area (Å²) >= 11 is 10.8. The van der Waals surface area contributed by atoms with E-state index >= 15 is 0 Å². The van der Waals surface area contributed by atoms with Crippen molar-refractivity contribution in [2.24, 2.45) is 0 Å². The van der Waals surface area contributed by atoms with E-state index < -0.39 is 0 Å². The van der Waals surface area contributed by atoms with Gasteiger partial charge in [-0.1, -0.05) is 40.5 Å².